The molecule has 1 fully saturated rings. The molecule has 5 nitrogen and oxygen atoms in total. The van der Waals surface area contributed by atoms with Crippen molar-refractivity contribution < 1.29 is 4.79 Å². The maximum Gasteiger partial charge on any atom is 0.271 e. The number of carbonyl (C=O) groups excluding carboxylic acids is 1. The average Bonchev–Trinajstić information content (AvgIpc) is 3.01. The molecule has 19 heavy (non-hydrogen) atoms. The van der Waals surface area contributed by atoms with Crippen molar-refractivity contribution in [3.63, 3.8) is 0 Å². The Hall–Kier alpha value is -1.36. The van der Waals surface area contributed by atoms with Crippen LogP contribution in [0.2, 0.25) is 0 Å². The first-order valence-corrected chi connectivity index (χ1v) is 7.41. The van der Waals surface area contributed by atoms with Crippen molar-refractivity contribution in [2.45, 2.75) is 38.5 Å². The summed E-state index contributed by atoms with van der Waals surface area (Å²) < 4.78 is 0. The molecule has 3 rings (SSSR count). The van der Waals surface area contributed by atoms with Crippen LogP contribution in [0, 0.1) is 0 Å². The van der Waals surface area contributed by atoms with E-state index in [1.807, 2.05) is 0 Å². The highest BCUT2D eigenvalue weighted by molar-refractivity contribution is 5.93. The van der Waals surface area contributed by atoms with Gasteiger partial charge in [-0.2, -0.15) is 0 Å². The molecule has 2 aliphatic heterocycles. The second-order valence-corrected chi connectivity index (χ2v) is 5.52. The summed E-state index contributed by atoms with van der Waals surface area (Å²) >= 11 is 0. The van der Waals surface area contributed by atoms with Gasteiger partial charge in [0.2, 0.25) is 0 Å². The molecule has 3 heterocycles. The van der Waals surface area contributed by atoms with E-state index in [9.17, 15) is 4.79 Å². The summed E-state index contributed by atoms with van der Waals surface area (Å²) in [6, 6.07) is 0. The third-order valence-corrected chi connectivity index (χ3v) is 4.02. The van der Waals surface area contributed by atoms with E-state index in [1.54, 1.807) is 0 Å². The number of hydrogen-bond donors (Lipinski definition) is 2. The zero-order valence-electron chi connectivity index (χ0n) is 11.4. The monoisotopic (exact) mass is 262 g/mol. The molecule has 0 atom stereocenters. The largest absolute Gasteiger partial charge is 0.351 e. The van der Waals surface area contributed by atoms with Gasteiger partial charge in [-0.15, -0.1) is 0 Å². The maximum atomic E-state index is 11.8. The van der Waals surface area contributed by atoms with Crippen molar-refractivity contribution in [1.29, 1.82) is 0 Å². The molecular formula is C14H22N4O. The predicted molar refractivity (Wildman–Crippen MR) is 73.2 cm³/mol. The zero-order valence-corrected chi connectivity index (χ0v) is 11.4. The van der Waals surface area contributed by atoms with Crippen molar-refractivity contribution in [3.8, 4) is 0 Å². The Morgan fingerprint density at radius 2 is 2.05 bits per heavy atom. The number of aryl methyl sites for hydroxylation is 2. The van der Waals surface area contributed by atoms with E-state index in [-0.39, 0.29) is 5.91 Å². The minimum atomic E-state index is -0.0189. The molecule has 1 saturated heterocycles. The Labute approximate surface area is 113 Å². The molecule has 2 N–H and O–H groups in total. The molecule has 0 unspecified atom stereocenters. The number of fused-ring (bicyclic) bond motifs is 1. The van der Waals surface area contributed by atoms with Gasteiger partial charge in [-0.05, 0) is 51.7 Å². The number of hydrogen-bond acceptors (Lipinski definition) is 3. The van der Waals surface area contributed by atoms with Gasteiger partial charge in [0.25, 0.3) is 5.91 Å². The average molecular weight is 262 g/mol. The van der Waals surface area contributed by atoms with Crippen LogP contribution in [-0.4, -0.2) is 47.0 Å². The maximum absolute atomic E-state index is 11.8. The lowest BCUT2D eigenvalue weighted by Gasteiger charge is -2.13. The van der Waals surface area contributed by atoms with Crippen molar-refractivity contribution >= 4 is 5.91 Å². The Morgan fingerprint density at radius 1 is 1.21 bits per heavy atom. The second-order valence-electron chi connectivity index (χ2n) is 5.52. The highest BCUT2D eigenvalue weighted by Gasteiger charge is 2.19. The van der Waals surface area contributed by atoms with Gasteiger partial charge >= 0.3 is 0 Å². The third kappa shape index (κ3) is 2.97. The number of nitrogens with one attached hydrogen (secondary N) is 2. The Kier molecular flexibility index (Phi) is 3.82. The molecule has 0 radical (unpaired) electrons. The number of amides is 1. The van der Waals surface area contributed by atoms with Gasteiger partial charge in [-0.3, -0.25) is 4.79 Å². The summed E-state index contributed by atoms with van der Waals surface area (Å²) in [4.78, 5) is 22.1. The minimum absolute atomic E-state index is 0.0189. The number of aromatic nitrogens is 2. The fourth-order valence-corrected chi connectivity index (χ4v) is 2.98. The smallest absolute Gasteiger partial charge is 0.271 e. The summed E-state index contributed by atoms with van der Waals surface area (Å²) in [5.74, 6) is 0.954. The van der Waals surface area contributed by atoms with Gasteiger partial charge in [0.1, 0.15) is 11.5 Å². The number of likely N-dealkylation sites (tertiary alicyclic amines) is 1. The van der Waals surface area contributed by atoms with Gasteiger partial charge in [-0.1, -0.05) is 0 Å². The molecule has 1 amide bonds. The molecule has 104 valence electrons. The molecule has 0 spiro atoms. The fraction of sp³-hybridized carbons (Fsp3) is 0.714. The van der Waals surface area contributed by atoms with Crippen LogP contribution in [0.3, 0.4) is 0 Å². The van der Waals surface area contributed by atoms with Crippen LogP contribution in [0.5, 0.6) is 0 Å². The lowest BCUT2D eigenvalue weighted by Crippen LogP contribution is -2.23. The van der Waals surface area contributed by atoms with Crippen LogP contribution in [0.15, 0.2) is 0 Å². The van der Waals surface area contributed by atoms with Crippen molar-refractivity contribution in [1.82, 2.24) is 20.2 Å². The lowest BCUT2D eigenvalue weighted by molar-refractivity contribution is 0.0951. The van der Waals surface area contributed by atoms with Crippen LogP contribution in [-0.2, 0) is 12.8 Å². The standard InChI is InChI=1S/C14H22N4O/c19-14-13-11(5-3-7-15-14)16-12(17-13)6-4-10-18-8-1-2-9-18/h1-10H2,(H,15,19)(H,16,17). The number of H-pyrrole nitrogens is 1. The van der Waals surface area contributed by atoms with Crippen molar-refractivity contribution in [2.75, 3.05) is 26.2 Å². The SMILES string of the molecule is O=C1NCCCc2[nH]c(CCCN3CCCC3)nc21. The van der Waals surface area contributed by atoms with Crippen LogP contribution in [0.4, 0.5) is 0 Å². The van der Waals surface area contributed by atoms with Gasteiger partial charge in [-0.25, -0.2) is 4.98 Å². The van der Waals surface area contributed by atoms with Gasteiger partial charge in [0.15, 0.2) is 0 Å². The summed E-state index contributed by atoms with van der Waals surface area (Å²) in [6.45, 7) is 4.40. The van der Waals surface area contributed by atoms with Crippen LogP contribution >= 0.6 is 0 Å². The Balaban J connectivity index is 1.56. The Bertz CT molecular complexity index is 448. The van der Waals surface area contributed by atoms with E-state index in [0.29, 0.717) is 5.69 Å². The molecule has 0 aliphatic carbocycles. The van der Waals surface area contributed by atoms with Crippen LogP contribution in [0.1, 0.15) is 47.7 Å². The number of nitrogens with zero attached hydrogens (tertiary/aromatic N) is 2. The highest BCUT2D eigenvalue weighted by Crippen LogP contribution is 2.14. The van der Waals surface area contributed by atoms with Crippen LogP contribution < -0.4 is 5.32 Å². The van der Waals surface area contributed by atoms with Gasteiger partial charge < -0.3 is 15.2 Å². The topological polar surface area (TPSA) is 61.0 Å². The van der Waals surface area contributed by atoms with Crippen molar-refractivity contribution in [3.05, 3.63) is 17.2 Å². The molecule has 5 heteroatoms. The number of carbonyl (C=O) groups is 1. The van der Waals surface area contributed by atoms with E-state index in [1.165, 1.54) is 25.9 Å². The number of rotatable bonds is 4. The third-order valence-electron chi connectivity index (χ3n) is 4.02. The lowest BCUT2D eigenvalue weighted by atomic mass is 10.2. The number of imidazole rings is 1. The summed E-state index contributed by atoms with van der Waals surface area (Å²) in [5, 5.41) is 2.89. The highest BCUT2D eigenvalue weighted by atomic mass is 16.1. The minimum Gasteiger partial charge on any atom is -0.351 e. The van der Waals surface area contributed by atoms with Crippen molar-refractivity contribution in [2.24, 2.45) is 0 Å². The van der Waals surface area contributed by atoms with E-state index < -0.39 is 0 Å². The number of aromatic amines is 1. The quantitative estimate of drug-likeness (QED) is 0.854. The molecule has 1 aromatic rings. The summed E-state index contributed by atoms with van der Waals surface area (Å²) in [5.41, 5.74) is 1.64. The summed E-state index contributed by atoms with van der Waals surface area (Å²) in [6.07, 6.45) is 6.66. The molecule has 1 aromatic heterocycles. The predicted octanol–water partition coefficient (Wildman–Crippen LogP) is 1.11. The molecule has 2 aliphatic rings. The first-order chi connectivity index (χ1) is 9.33. The van der Waals surface area contributed by atoms with E-state index in [2.05, 4.69) is 20.2 Å². The molecule has 0 bridgehead atoms. The van der Waals surface area contributed by atoms with Gasteiger partial charge in [0, 0.05) is 18.7 Å². The zero-order chi connectivity index (χ0) is 13.1. The van der Waals surface area contributed by atoms with E-state index in [4.69, 9.17) is 0 Å². The van der Waals surface area contributed by atoms with Gasteiger partial charge in [0.05, 0.1) is 0 Å². The first-order valence-electron chi connectivity index (χ1n) is 7.41. The molecule has 0 saturated carbocycles. The van der Waals surface area contributed by atoms with E-state index in [0.717, 1.165) is 50.3 Å². The van der Waals surface area contributed by atoms with E-state index >= 15 is 0 Å². The molecule has 0 aromatic carbocycles. The summed E-state index contributed by atoms with van der Waals surface area (Å²) in [7, 11) is 0. The molecular weight excluding hydrogens is 240 g/mol. The van der Waals surface area contributed by atoms with Crippen LogP contribution in [0.25, 0.3) is 0 Å². The first kappa shape index (κ1) is 12.7. The normalized spacial score (nSPS) is 20.1. The fourth-order valence-electron chi connectivity index (χ4n) is 2.98. The second kappa shape index (κ2) is 5.74. The Morgan fingerprint density at radius 3 is 2.89 bits per heavy atom.